The van der Waals surface area contributed by atoms with Gasteiger partial charge in [-0.3, -0.25) is 0 Å². The number of nitrogens with zero attached hydrogens (tertiary/aromatic N) is 2. The Hall–Kier alpha value is -2.49. The Morgan fingerprint density at radius 2 is 2.00 bits per heavy atom. The third-order valence-corrected chi connectivity index (χ3v) is 2.96. The van der Waals surface area contributed by atoms with Gasteiger partial charge in [-0.15, -0.1) is 0 Å². The van der Waals surface area contributed by atoms with Crippen molar-refractivity contribution in [2.45, 2.75) is 6.92 Å². The summed E-state index contributed by atoms with van der Waals surface area (Å²) in [6.45, 7) is 1.96. The highest BCUT2D eigenvalue weighted by Crippen LogP contribution is 2.25. The van der Waals surface area contributed by atoms with E-state index in [1.54, 1.807) is 22.9 Å². The van der Waals surface area contributed by atoms with Gasteiger partial charge in [0.25, 0.3) is 0 Å². The molecule has 0 aliphatic carbocycles. The molecule has 1 heterocycles. The van der Waals surface area contributed by atoms with Gasteiger partial charge in [0.2, 0.25) is 0 Å². The number of aromatic hydroxyl groups is 1. The molecule has 0 atom stereocenters. The van der Waals surface area contributed by atoms with Gasteiger partial charge < -0.3 is 10.8 Å². The van der Waals surface area contributed by atoms with Crippen LogP contribution in [0, 0.1) is 6.92 Å². The van der Waals surface area contributed by atoms with E-state index >= 15 is 0 Å². The van der Waals surface area contributed by atoms with Crippen LogP contribution in [0.4, 0.5) is 5.69 Å². The predicted octanol–water partition coefficient (Wildman–Crippen LogP) is 2.62. The van der Waals surface area contributed by atoms with Gasteiger partial charge in [-0.1, -0.05) is 6.07 Å². The molecule has 90 valence electrons. The number of anilines is 1. The summed E-state index contributed by atoms with van der Waals surface area (Å²) < 4.78 is 1.79. The summed E-state index contributed by atoms with van der Waals surface area (Å²) >= 11 is 0. The number of phenolic OH excluding ortho intramolecular Hbond substituents is 1. The molecule has 18 heavy (non-hydrogen) atoms. The number of benzene rings is 2. The zero-order chi connectivity index (χ0) is 12.7. The van der Waals surface area contributed by atoms with Crippen LogP contribution >= 0.6 is 0 Å². The van der Waals surface area contributed by atoms with Crippen LogP contribution in [-0.4, -0.2) is 14.9 Å². The first-order valence-corrected chi connectivity index (χ1v) is 5.69. The average molecular weight is 239 g/mol. The van der Waals surface area contributed by atoms with Crippen molar-refractivity contribution in [3.8, 4) is 11.4 Å². The van der Waals surface area contributed by atoms with Crippen LogP contribution in [0.5, 0.6) is 5.75 Å². The lowest BCUT2D eigenvalue weighted by molar-refractivity contribution is 0.475. The lowest BCUT2D eigenvalue weighted by Crippen LogP contribution is -1.96. The third-order valence-electron chi connectivity index (χ3n) is 2.96. The lowest BCUT2D eigenvalue weighted by atomic mass is 10.2. The van der Waals surface area contributed by atoms with Crippen molar-refractivity contribution in [1.29, 1.82) is 0 Å². The second kappa shape index (κ2) is 3.77. The van der Waals surface area contributed by atoms with E-state index in [4.69, 9.17) is 5.73 Å². The molecule has 3 rings (SSSR count). The summed E-state index contributed by atoms with van der Waals surface area (Å²) in [5, 5.41) is 15.1. The largest absolute Gasteiger partial charge is 0.508 e. The maximum absolute atomic E-state index is 9.54. The molecule has 0 aliphatic rings. The standard InChI is InChI=1S/C14H13N3O/c1-9-13-6-5-10(15)7-14(13)17(16-9)11-3-2-4-12(18)8-11/h2-8,18H,15H2,1H3. The van der Waals surface area contributed by atoms with E-state index in [1.807, 2.05) is 31.2 Å². The minimum atomic E-state index is 0.220. The molecule has 3 N–H and O–H groups in total. The zero-order valence-electron chi connectivity index (χ0n) is 9.96. The number of fused-ring (bicyclic) bond motifs is 1. The molecular weight excluding hydrogens is 226 g/mol. The van der Waals surface area contributed by atoms with E-state index in [9.17, 15) is 5.11 Å². The number of hydrogen-bond acceptors (Lipinski definition) is 3. The topological polar surface area (TPSA) is 64.1 Å². The van der Waals surface area contributed by atoms with Crippen molar-refractivity contribution < 1.29 is 5.11 Å². The molecule has 0 saturated carbocycles. The number of aromatic nitrogens is 2. The molecule has 0 bridgehead atoms. The van der Waals surface area contributed by atoms with Crippen LogP contribution in [0.15, 0.2) is 42.5 Å². The van der Waals surface area contributed by atoms with Crippen LogP contribution in [0.1, 0.15) is 5.69 Å². The van der Waals surface area contributed by atoms with Gasteiger partial charge in [0.15, 0.2) is 0 Å². The molecule has 4 heteroatoms. The Balaban J connectivity index is 2.32. The van der Waals surface area contributed by atoms with Gasteiger partial charge in [0.05, 0.1) is 16.9 Å². The fourth-order valence-corrected chi connectivity index (χ4v) is 2.11. The molecule has 0 radical (unpaired) electrons. The first kappa shape index (κ1) is 10.7. The van der Waals surface area contributed by atoms with Crippen molar-refractivity contribution in [2.75, 3.05) is 5.73 Å². The molecule has 0 spiro atoms. The summed E-state index contributed by atoms with van der Waals surface area (Å²) in [5.41, 5.74) is 9.22. The molecule has 0 saturated heterocycles. The molecule has 0 unspecified atom stereocenters. The van der Waals surface area contributed by atoms with Crippen molar-refractivity contribution >= 4 is 16.6 Å². The van der Waals surface area contributed by atoms with Crippen LogP contribution < -0.4 is 5.73 Å². The average Bonchev–Trinajstić information content (AvgIpc) is 2.66. The van der Waals surface area contributed by atoms with Crippen molar-refractivity contribution in [3.63, 3.8) is 0 Å². The van der Waals surface area contributed by atoms with Gasteiger partial charge in [0, 0.05) is 17.1 Å². The second-order valence-corrected chi connectivity index (χ2v) is 4.29. The van der Waals surface area contributed by atoms with E-state index in [1.165, 1.54) is 0 Å². The fraction of sp³-hybridized carbons (Fsp3) is 0.0714. The SMILES string of the molecule is Cc1nn(-c2cccc(O)c2)c2cc(N)ccc12. The highest BCUT2D eigenvalue weighted by atomic mass is 16.3. The van der Waals surface area contributed by atoms with E-state index in [-0.39, 0.29) is 5.75 Å². The molecule has 1 aromatic heterocycles. The van der Waals surface area contributed by atoms with Gasteiger partial charge in [0.1, 0.15) is 5.75 Å². The monoisotopic (exact) mass is 239 g/mol. The Bertz CT molecular complexity index is 731. The minimum Gasteiger partial charge on any atom is -0.508 e. The van der Waals surface area contributed by atoms with Crippen LogP contribution in [-0.2, 0) is 0 Å². The number of hydrogen-bond donors (Lipinski definition) is 2. The third kappa shape index (κ3) is 1.59. The second-order valence-electron chi connectivity index (χ2n) is 4.29. The summed E-state index contributed by atoms with van der Waals surface area (Å²) in [7, 11) is 0. The molecular formula is C14H13N3O. The van der Waals surface area contributed by atoms with Crippen molar-refractivity contribution in [3.05, 3.63) is 48.2 Å². The smallest absolute Gasteiger partial charge is 0.117 e. The van der Waals surface area contributed by atoms with Gasteiger partial charge in [-0.2, -0.15) is 5.10 Å². The molecule has 0 amide bonds. The number of aryl methyl sites for hydroxylation is 1. The van der Waals surface area contributed by atoms with Crippen LogP contribution in [0.2, 0.25) is 0 Å². The minimum absolute atomic E-state index is 0.220. The summed E-state index contributed by atoms with van der Waals surface area (Å²) in [4.78, 5) is 0. The fourth-order valence-electron chi connectivity index (χ4n) is 2.11. The Morgan fingerprint density at radius 1 is 1.17 bits per heavy atom. The Kier molecular flexibility index (Phi) is 2.23. The number of phenols is 1. The quantitative estimate of drug-likeness (QED) is 0.641. The number of rotatable bonds is 1. The van der Waals surface area contributed by atoms with Crippen molar-refractivity contribution in [2.24, 2.45) is 0 Å². The highest BCUT2D eigenvalue weighted by molar-refractivity contribution is 5.86. The van der Waals surface area contributed by atoms with Crippen LogP contribution in [0.25, 0.3) is 16.6 Å². The van der Waals surface area contributed by atoms with Gasteiger partial charge in [-0.25, -0.2) is 4.68 Å². The summed E-state index contributed by atoms with van der Waals surface area (Å²) in [6.07, 6.45) is 0. The molecule has 4 nitrogen and oxygen atoms in total. The molecule has 0 aliphatic heterocycles. The number of nitrogen functional groups attached to an aromatic ring is 1. The lowest BCUT2D eigenvalue weighted by Gasteiger charge is -2.04. The predicted molar refractivity (Wildman–Crippen MR) is 71.9 cm³/mol. The van der Waals surface area contributed by atoms with E-state index < -0.39 is 0 Å². The summed E-state index contributed by atoms with van der Waals surface area (Å²) in [5.74, 6) is 0.220. The van der Waals surface area contributed by atoms with E-state index in [2.05, 4.69) is 5.10 Å². The van der Waals surface area contributed by atoms with Gasteiger partial charge >= 0.3 is 0 Å². The maximum Gasteiger partial charge on any atom is 0.117 e. The number of nitrogens with two attached hydrogens (primary N) is 1. The molecule has 0 fully saturated rings. The Morgan fingerprint density at radius 3 is 2.78 bits per heavy atom. The summed E-state index contributed by atoms with van der Waals surface area (Å²) in [6, 6.07) is 12.7. The molecule has 2 aromatic carbocycles. The first-order valence-electron chi connectivity index (χ1n) is 5.69. The normalized spacial score (nSPS) is 10.9. The first-order chi connectivity index (χ1) is 8.65. The van der Waals surface area contributed by atoms with Crippen molar-refractivity contribution in [1.82, 2.24) is 9.78 Å². The highest BCUT2D eigenvalue weighted by Gasteiger charge is 2.09. The maximum atomic E-state index is 9.54. The van der Waals surface area contributed by atoms with Crippen LogP contribution in [0.3, 0.4) is 0 Å². The zero-order valence-corrected chi connectivity index (χ0v) is 9.96. The molecule has 3 aromatic rings. The van der Waals surface area contributed by atoms with E-state index in [0.717, 1.165) is 22.3 Å². The van der Waals surface area contributed by atoms with E-state index in [0.29, 0.717) is 5.69 Å². The Labute approximate surface area is 104 Å². The van der Waals surface area contributed by atoms with Gasteiger partial charge in [-0.05, 0) is 37.3 Å².